The predicted molar refractivity (Wildman–Crippen MR) is 93.8 cm³/mol. The summed E-state index contributed by atoms with van der Waals surface area (Å²) in [5.74, 6) is -0.347. The van der Waals surface area contributed by atoms with Crippen LogP contribution in [0, 0.1) is 10.1 Å². The molecule has 1 aromatic rings. The zero-order valence-corrected chi connectivity index (χ0v) is 14.0. The van der Waals surface area contributed by atoms with Crippen molar-refractivity contribution < 1.29 is 4.92 Å². The summed E-state index contributed by atoms with van der Waals surface area (Å²) in [5.41, 5.74) is 13.6. The van der Waals surface area contributed by atoms with Gasteiger partial charge in [-0.25, -0.2) is 4.99 Å². The summed E-state index contributed by atoms with van der Waals surface area (Å²) in [6, 6.07) is 7.59. The number of amidine groups is 1. The molecule has 1 heterocycles. The molecular formula is C16H20N4O2S. The fourth-order valence-electron chi connectivity index (χ4n) is 2.76. The van der Waals surface area contributed by atoms with Crippen molar-refractivity contribution in [3.05, 3.63) is 63.1 Å². The van der Waals surface area contributed by atoms with E-state index >= 15 is 0 Å². The maximum Gasteiger partial charge on any atom is 0.279 e. The van der Waals surface area contributed by atoms with E-state index in [2.05, 4.69) is 4.99 Å². The van der Waals surface area contributed by atoms with Crippen molar-refractivity contribution in [3.8, 4) is 0 Å². The minimum absolute atomic E-state index is 0.0688. The number of nitrogens with zero attached hydrogens (tertiary/aromatic N) is 2. The van der Waals surface area contributed by atoms with Crippen LogP contribution in [-0.4, -0.2) is 17.0 Å². The van der Waals surface area contributed by atoms with Crippen LogP contribution in [0.15, 0.2) is 57.3 Å². The number of aliphatic imine (C=N–C) groups is 1. The topological polar surface area (TPSA) is 108 Å². The van der Waals surface area contributed by atoms with Crippen LogP contribution in [0.2, 0.25) is 0 Å². The molecule has 1 aliphatic heterocycles. The average Bonchev–Trinajstić information content (AvgIpc) is 2.54. The van der Waals surface area contributed by atoms with Crippen LogP contribution in [0.3, 0.4) is 0 Å². The average molecular weight is 332 g/mol. The van der Waals surface area contributed by atoms with E-state index in [-0.39, 0.29) is 16.5 Å². The van der Waals surface area contributed by atoms with Crippen molar-refractivity contribution >= 4 is 17.6 Å². The van der Waals surface area contributed by atoms with Crippen LogP contribution in [0.4, 0.5) is 0 Å². The van der Waals surface area contributed by atoms with E-state index in [1.807, 2.05) is 37.4 Å². The largest absolute Gasteiger partial charge is 0.404 e. The molecule has 122 valence electrons. The maximum atomic E-state index is 11.8. The van der Waals surface area contributed by atoms with Crippen LogP contribution >= 0.6 is 11.8 Å². The van der Waals surface area contributed by atoms with E-state index in [9.17, 15) is 10.1 Å². The van der Waals surface area contributed by atoms with Gasteiger partial charge in [0.25, 0.3) is 5.70 Å². The summed E-state index contributed by atoms with van der Waals surface area (Å²) in [6.07, 6.45) is 4.52. The third-order valence-corrected chi connectivity index (χ3v) is 4.56. The first kappa shape index (κ1) is 17.1. The highest BCUT2D eigenvalue weighted by Gasteiger charge is 2.39. The highest BCUT2D eigenvalue weighted by molar-refractivity contribution is 7.98. The lowest BCUT2D eigenvalue weighted by Gasteiger charge is -2.25. The molecule has 4 N–H and O–H groups in total. The van der Waals surface area contributed by atoms with E-state index in [0.29, 0.717) is 17.7 Å². The molecule has 0 aliphatic carbocycles. The molecule has 0 saturated carbocycles. The van der Waals surface area contributed by atoms with Crippen molar-refractivity contribution in [1.82, 2.24) is 0 Å². The Morgan fingerprint density at radius 3 is 2.70 bits per heavy atom. The lowest BCUT2D eigenvalue weighted by Crippen LogP contribution is -2.29. The van der Waals surface area contributed by atoms with Crippen molar-refractivity contribution in [2.24, 2.45) is 16.5 Å². The van der Waals surface area contributed by atoms with E-state index in [0.717, 1.165) is 16.9 Å². The summed E-state index contributed by atoms with van der Waals surface area (Å²) >= 11 is 1.54. The summed E-state index contributed by atoms with van der Waals surface area (Å²) in [7, 11) is 0. The molecule has 7 heteroatoms. The third kappa shape index (κ3) is 3.24. The number of nitro groups is 1. The molecular weight excluding hydrogens is 312 g/mol. The van der Waals surface area contributed by atoms with Crippen LogP contribution in [-0.2, 0) is 0 Å². The zero-order chi connectivity index (χ0) is 17.0. The van der Waals surface area contributed by atoms with Gasteiger partial charge in [-0.05, 0) is 24.3 Å². The fourth-order valence-corrected chi connectivity index (χ4v) is 3.40. The monoisotopic (exact) mass is 332 g/mol. The van der Waals surface area contributed by atoms with Gasteiger partial charge < -0.3 is 11.5 Å². The summed E-state index contributed by atoms with van der Waals surface area (Å²) < 4.78 is 0. The smallest absolute Gasteiger partial charge is 0.279 e. The summed E-state index contributed by atoms with van der Waals surface area (Å²) in [5, 5.41) is 11.8. The Hall–Kier alpha value is -2.28. The molecule has 0 radical (unpaired) electrons. The normalized spacial score (nSPS) is 19.8. The van der Waals surface area contributed by atoms with Crippen molar-refractivity contribution in [2.45, 2.75) is 30.6 Å². The van der Waals surface area contributed by atoms with Gasteiger partial charge in [0.15, 0.2) is 0 Å². The van der Waals surface area contributed by atoms with E-state index in [1.165, 1.54) is 18.0 Å². The molecule has 23 heavy (non-hydrogen) atoms. The Labute approximate surface area is 139 Å². The molecule has 0 fully saturated rings. The Morgan fingerprint density at radius 1 is 1.43 bits per heavy atom. The molecule has 1 aliphatic rings. The molecule has 0 aromatic heterocycles. The van der Waals surface area contributed by atoms with Gasteiger partial charge >= 0.3 is 0 Å². The van der Waals surface area contributed by atoms with E-state index in [1.54, 1.807) is 0 Å². The molecule has 0 bridgehead atoms. The van der Waals surface area contributed by atoms with Gasteiger partial charge in [0.2, 0.25) is 0 Å². The number of hydrogen-bond acceptors (Lipinski definition) is 6. The molecule has 0 spiro atoms. The summed E-state index contributed by atoms with van der Waals surface area (Å²) in [4.78, 5) is 16.6. The van der Waals surface area contributed by atoms with Crippen molar-refractivity contribution in [3.63, 3.8) is 0 Å². The predicted octanol–water partition coefficient (Wildman–Crippen LogP) is 2.99. The zero-order valence-electron chi connectivity index (χ0n) is 13.2. The highest BCUT2D eigenvalue weighted by atomic mass is 32.2. The van der Waals surface area contributed by atoms with Gasteiger partial charge in [-0.2, -0.15) is 0 Å². The molecule has 0 amide bonds. The van der Waals surface area contributed by atoms with Gasteiger partial charge in [0, 0.05) is 16.7 Å². The first-order chi connectivity index (χ1) is 11.0. The second-order valence-corrected chi connectivity index (χ2v) is 5.98. The minimum atomic E-state index is -0.599. The van der Waals surface area contributed by atoms with Crippen LogP contribution in [0.1, 0.15) is 31.2 Å². The Kier molecular flexibility index (Phi) is 5.44. The van der Waals surface area contributed by atoms with Crippen LogP contribution in [0.25, 0.3) is 0 Å². The number of hydrogen-bond donors (Lipinski definition) is 2. The molecule has 1 aromatic carbocycles. The third-order valence-electron chi connectivity index (χ3n) is 3.74. The number of allylic oxidation sites excluding steroid dienone is 2. The van der Waals surface area contributed by atoms with Crippen molar-refractivity contribution in [2.75, 3.05) is 6.26 Å². The Bertz CT molecular complexity index is 710. The number of benzene rings is 1. The van der Waals surface area contributed by atoms with Gasteiger partial charge in [-0.1, -0.05) is 31.5 Å². The minimum Gasteiger partial charge on any atom is -0.404 e. The molecule has 6 nitrogen and oxygen atoms in total. The first-order valence-electron chi connectivity index (χ1n) is 7.31. The highest BCUT2D eigenvalue weighted by Crippen LogP contribution is 2.41. The van der Waals surface area contributed by atoms with Gasteiger partial charge in [0.05, 0.1) is 4.92 Å². The first-order valence-corrected chi connectivity index (χ1v) is 8.54. The van der Waals surface area contributed by atoms with Gasteiger partial charge in [-0.3, -0.25) is 10.1 Å². The van der Waals surface area contributed by atoms with E-state index < -0.39 is 5.92 Å². The van der Waals surface area contributed by atoms with Gasteiger partial charge in [0.1, 0.15) is 17.5 Å². The molecule has 1 atom stereocenters. The van der Waals surface area contributed by atoms with Crippen LogP contribution in [0.5, 0.6) is 0 Å². The quantitative estimate of drug-likeness (QED) is 0.489. The standard InChI is InChI=1S/C16H20N4O2S/c1-3-6-12-15(20(21)22)14(11(9-17)16(18)19-12)10-7-4-5-8-13(10)23-2/h4-5,7-9,14H,3,6,17H2,1-2H3,(H2,18,19)/b11-9-. The SMILES string of the molecule is CCCC1=C([N+](=O)[O-])C(c2ccccc2SC)/C(=C/N)C(N)=N1. The lowest BCUT2D eigenvalue weighted by molar-refractivity contribution is -0.430. The molecule has 2 rings (SSSR count). The Balaban J connectivity index is 2.74. The van der Waals surface area contributed by atoms with Crippen molar-refractivity contribution in [1.29, 1.82) is 0 Å². The van der Waals surface area contributed by atoms with Gasteiger partial charge in [-0.15, -0.1) is 11.8 Å². The number of rotatable bonds is 5. The number of nitrogens with two attached hydrogens (primary N) is 2. The number of thioether (sulfide) groups is 1. The second-order valence-electron chi connectivity index (χ2n) is 5.13. The molecule has 0 saturated heterocycles. The second kappa shape index (κ2) is 7.32. The maximum absolute atomic E-state index is 11.8. The summed E-state index contributed by atoms with van der Waals surface area (Å²) in [6.45, 7) is 1.95. The fraction of sp³-hybridized carbons (Fsp3) is 0.312. The Morgan fingerprint density at radius 2 is 2.13 bits per heavy atom. The lowest BCUT2D eigenvalue weighted by atomic mass is 9.84. The van der Waals surface area contributed by atoms with Crippen LogP contribution < -0.4 is 11.5 Å². The van der Waals surface area contributed by atoms with E-state index in [4.69, 9.17) is 11.5 Å². The molecule has 1 unspecified atom stereocenters.